The van der Waals surface area contributed by atoms with Crippen molar-refractivity contribution in [3.05, 3.63) is 62.5 Å². The molecule has 4 heterocycles. The van der Waals surface area contributed by atoms with E-state index < -0.39 is 22.3 Å². The zero-order chi connectivity index (χ0) is 23.4. The fourth-order valence-corrected chi connectivity index (χ4v) is 6.12. The Morgan fingerprint density at radius 3 is 2.09 bits per heavy atom. The number of piperidine rings is 3. The Labute approximate surface area is 185 Å². The average Bonchev–Trinajstić information content (AvgIpc) is 2.77. The number of carboxylic acid groups (broad SMARTS) is 2. The van der Waals surface area contributed by atoms with Gasteiger partial charge in [0.1, 0.15) is 0 Å². The van der Waals surface area contributed by atoms with Crippen molar-refractivity contribution in [2.45, 2.75) is 32.1 Å². The van der Waals surface area contributed by atoms with Crippen molar-refractivity contribution in [3.63, 3.8) is 0 Å². The predicted octanol–water partition coefficient (Wildman–Crippen LogP) is 2.84. The van der Waals surface area contributed by atoms with Gasteiger partial charge in [-0.2, -0.15) is 0 Å². The molecule has 5 rings (SSSR count). The highest BCUT2D eigenvalue weighted by molar-refractivity contribution is 6.01. The van der Waals surface area contributed by atoms with E-state index in [4.69, 9.17) is 0 Å². The fourth-order valence-electron chi connectivity index (χ4n) is 6.12. The lowest BCUT2D eigenvalue weighted by Gasteiger charge is -2.55. The Kier molecular flexibility index (Phi) is 5.32. The maximum absolute atomic E-state index is 12.8. The highest BCUT2D eigenvalue weighted by Gasteiger charge is 2.59. The van der Waals surface area contributed by atoms with Gasteiger partial charge in [-0.15, -0.1) is 0 Å². The SMILES string of the molecule is CC1=C(C(=O)O)C(c2cccc([N+](=O)[O-])c2)(C2CN3CCC2CC3)C(C(=O)O)=C(C)N1C. The lowest BCUT2D eigenvalue weighted by Crippen LogP contribution is -2.59. The standard InChI is InChI=1S/C23H27N3O6/c1-13-19(21(27)28)23(20(22(29)30)14(2)24(13)3,16-5-4-6-17(11-16)26(31)32)18-12-25-9-7-15(18)8-10-25/h4-6,11,15,18H,7-10,12H2,1-3H3,(H,27,28)(H,29,30). The molecule has 1 atom stereocenters. The molecule has 0 saturated carbocycles. The van der Waals surface area contributed by atoms with E-state index in [0.717, 1.165) is 25.9 Å². The second kappa shape index (κ2) is 7.74. The van der Waals surface area contributed by atoms with Gasteiger partial charge in [-0.3, -0.25) is 10.1 Å². The number of allylic oxidation sites excluding steroid dienone is 2. The summed E-state index contributed by atoms with van der Waals surface area (Å²) in [7, 11) is 1.66. The molecule has 1 unspecified atom stereocenters. The summed E-state index contributed by atoms with van der Waals surface area (Å²) in [6.07, 6.45) is 1.68. The van der Waals surface area contributed by atoms with E-state index in [2.05, 4.69) is 4.90 Å². The van der Waals surface area contributed by atoms with Crippen LogP contribution in [0.2, 0.25) is 0 Å². The van der Waals surface area contributed by atoms with E-state index in [0.29, 0.717) is 23.5 Å². The number of fused-ring (bicyclic) bond motifs is 3. The molecule has 3 saturated heterocycles. The van der Waals surface area contributed by atoms with Crippen molar-refractivity contribution < 1.29 is 24.7 Å². The van der Waals surface area contributed by atoms with Crippen LogP contribution >= 0.6 is 0 Å². The first kappa shape index (κ1) is 22.0. The number of non-ortho nitro benzene ring substituents is 1. The summed E-state index contributed by atoms with van der Waals surface area (Å²) in [5.41, 5.74) is -0.469. The van der Waals surface area contributed by atoms with Gasteiger partial charge in [0.15, 0.2) is 0 Å². The van der Waals surface area contributed by atoms with Crippen LogP contribution in [-0.2, 0) is 15.0 Å². The van der Waals surface area contributed by atoms with Crippen LogP contribution in [0.1, 0.15) is 32.3 Å². The summed E-state index contributed by atoms with van der Waals surface area (Å²) in [4.78, 5) is 40.5. The quantitative estimate of drug-likeness (QED) is 0.528. The first-order chi connectivity index (χ1) is 15.1. The third kappa shape index (κ3) is 3.02. The molecule has 2 N–H and O–H groups in total. The van der Waals surface area contributed by atoms with Crippen molar-refractivity contribution in [2.24, 2.45) is 11.8 Å². The summed E-state index contributed by atoms with van der Waals surface area (Å²) >= 11 is 0. The molecule has 1 aromatic rings. The van der Waals surface area contributed by atoms with Gasteiger partial charge >= 0.3 is 11.9 Å². The molecule has 3 fully saturated rings. The Morgan fingerprint density at radius 1 is 1.09 bits per heavy atom. The van der Waals surface area contributed by atoms with E-state index in [1.54, 1.807) is 31.9 Å². The topological polar surface area (TPSA) is 124 Å². The van der Waals surface area contributed by atoms with E-state index >= 15 is 0 Å². The first-order valence-electron chi connectivity index (χ1n) is 10.7. The summed E-state index contributed by atoms with van der Waals surface area (Å²) in [5, 5.41) is 32.5. The molecular formula is C23H27N3O6. The van der Waals surface area contributed by atoms with Crippen molar-refractivity contribution in [1.82, 2.24) is 9.80 Å². The van der Waals surface area contributed by atoms with E-state index in [9.17, 15) is 29.9 Å². The molecule has 170 valence electrons. The zero-order valence-corrected chi connectivity index (χ0v) is 18.4. The molecule has 0 aromatic heterocycles. The molecule has 0 spiro atoms. The summed E-state index contributed by atoms with van der Waals surface area (Å²) < 4.78 is 0. The fraction of sp³-hybridized carbons (Fsp3) is 0.478. The Hall–Kier alpha value is -3.20. The van der Waals surface area contributed by atoms with Gasteiger partial charge in [0.2, 0.25) is 0 Å². The van der Waals surface area contributed by atoms with Crippen molar-refractivity contribution >= 4 is 17.6 Å². The number of nitro groups is 1. The minimum Gasteiger partial charge on any atom is -0.478 e. The maximum atomic E-state index is 12.8. The van der Waals surface area contributed by atoms with Crippen LogP contribution in [0.4, 0.5) is 5.69 Å². The lowest BCUT2D eigenvalue weighted by molar-refractivity contribution is -0.385. The maximum Gasteiger partial charge on any atom is 0.334 e. The number of nitrogens with zero attached hydrogens (tertiary/aromatic N) is 3. The highest BCUT2D eigenvalue weighted by Crippen LogP contribution is 2.56. The van der Waals surface area contributed by atoms with Gasteiger partial charge in [-0.05, 0) is 57.2 Å². The van der Waals surface area contributed by atoms with Crippen LogP contribution in [0.25, 0.3) is 0 Å². The second-order valence-corrected chi connectivity index (χ2v) is 8.95. The van der Waals surface area contributed by atoms with E-state index in [1.807, 2.05) is 0 Å². The second-order valence-electron chi connectivity index (χ2n) is 8.95. The third-order valence-electron chi connectivity index (χ3n) is 7.67. The van der Waals surface area contributed by atoms with Crippen LogP contribution in [0.3, 0.4) is 0 Å². The van der Waals surface area contributed by atoms with Crippen LogP contribution in [0.5, 0.6) is 0 Å². The average molecular weight is 441 g/mol. The number of hydrogen-bond donors (Lipinski definition) is 2. The van der Waals surface area contributed by atoms with Gasteiger partial charge in [-0.1, -0.05) is 12.1 Å². The van der Waals surface area contributed by atoms with Crippen molar-refractivity contribution in [3.8, 4) is 0 Å². The number of rotatable bonds is 5. The van der Waals surface area contributed by atoms with E-state index in [-0.39, 0.29) is 28.7 Å². The molecule has 4 aliphatic rings. The Bertz CT molecular complexity index is 1030. The molecule has 0 aliphatic carbocycles. The molecule has 0 radical (unpaired) electrons. The first-order valence-corrected chi connectivity index (χ1v) is 10.7. The van der Waals surface area contributed by atoms with Crippen LogP contribution in [0, 0.1) is 22.0 Å². The Balaban J connectivity index is 2.14. The predicted molar refractivity (Wildman–Crippen MR) is 116 cm³/mol. The van der Waals surface area contributed by atoms with Crippen molar-refractivity contribution in [1.29, 1.82) is 0 Å². The molecule has 32 heavy (non-hydrogen) atoms. The molecular weight excluding hydrogens is 414 g/mol. The molecule has 1 aromatic carbocycles. The number of aliphatic carboxylic acids is 2. The van der Waals surface area contributed by atoms with Crippen LogP contribution in [-0.4, -0.2) is 63.6 Å². The number of carboxylic acids is 2. The number of carbonyl (C=O) groups is 2. The molecule has 0 amide bonds. The summed E-state index contributed by atoms with van der Waals surface area (Å²) in [6, 6.07) is 5.85. The summed E-state index contributed by atoms with van der Waals surface area (Å²) in [6.45, 7) is 5.69. The lowest BCUT2D eigenvalue weighted by atomic mass is 9.53. The van der Waals surface area contributed by atoms with Gasteiger partial charge in [0.25, 0.3) is 5.69 Å². The molecule has 9 heteroatoms. The van der Waals surface area contributed by atoms with Gasteiger partial charge in [0, 0.05) is 37.1 Å². The molecule has 2 bridgehead atoms. The smallest absolute Gasteiger partial charge is 0.334 e. The number of nitro benzene ring substituents is 1. The largest absolute Gasteiger partial charge is 0.478 e. The number of benzene rings is 1. The van der Waals surface area contributed by atoms with Crippen LogP contribution < -0.4 is 0 Å². The van der Waals surface area contributed by atoms with E-state index in [1.165, 1.54) is 18.2 Å². The van der Waals surface area contributed by atoms with Gasteiger partial charge in [0.05, 0.1) is 21.5 Å². The molecule has 4 aliphatic heterocycles. The number of hydrogen-bond acceptors (Lipinski definition) is 6. The third-order valence-corrected chi connectivity index (χ3v) is 7.67. The molecule has 9 nitrogen and oxygen atoms in total. The Morgan fingerprint density at radius 2 is 1.66 bits per heavy atom. The highest BCUT2D eigenvalue weighted by atomic mass is 16.6. The minimum atomic E-state index is -1.51. The monoisotopic (exact) mass is 441 g/mol. The van der Waals surface area contributed by atoms with Gasteiger partial charge < -0.3 is 20.0 Å². The van der Waals surface area contributed by atoms with Crippen molar-refractivity contribution in [2.75, 3.05) is 26.7 Å². The summed E-state index contributed by atoms with van der Waals surface area (Å²) in [5.74, 6) is -2.62. The normalized spacial score (nSPS) is 27.0. The van der Waals surface area contributed by atoms with Crippen LogP contribution in [0.15, 0.2) is 46.8 Å². The minimum absolute atomic E-state index is 0.0118. The van der Waals surface area contributed by atoms with Gasteiger partial charge in [-0.25, -0.2) is 9.59 Å². The zero-order valence-electron chi connectivity index (χ0n) is 18.4.